The van der Waals surface area contributed by atoms with Crippen LogP contribution < -0.4 is 15.8 Å². The van der Waals surface area contributed by atoms with Gasteiger partial charge in [0.25, 0.3) is 17.5 Å². The Morgan fingerprint density at radius 3 is 2.06 bits per heavy atom. The summed E-state index contributed by atoms with van der Waals surface area (Å²) in [6.45, 7) is 0. The topological polar surface area (TPSA) is 162 Å². The van der Waals surface area contributed by atoms with Gasteiger partial charge in [-0.25, -0.2) is 13.6 Å². The van der Waals surface area contributed by atoms with Crippen LogP contribution in [0.4, 0.5) is 11.4 Å². The number of amides is 2. The molecule has 0 radical (unpaired) electrons. The maximum Gasteiger partial charge on any atom is 0.272 e. The summed E-state index contributed by atoms with van der Waals surface area (Å²) >= 11 is 0. The van der Waals surface area contributed by atoms with Crippen molar-refractivity contribution in [2.45, 2.75) is 4.90 Å². The molecule has 3 aromatic carbocycles. The van der Waals surface area contributed by atoms with Gasteiger partial charge in [-0.05, 0) is 60.2 Å². The summed E-state index contributed by atoms with van der Waals surface area (Å²) < 4.78 is 22.8. The molecule has 0 aliphatic rings. The minimum Gasteiger partial charge on any atom is -0.321 e. The van der Waals surface area contributed by atoms with E-state index in [1.165, 1.54) is 54.6 Å². The zero-order valence-corrected chi connectivity index (χ0v) is 17.8. The standard InChI is InChI=1S/C22H18N4O6S/c23-33(31,32)19-12-8-17(9-13-19)24-22(28)20(25-21(27)16-4-2-1-3-5-16)14-15-6-10-18(11-7-15)26(29)30/h1-14H,(H,24,28)(H,25,27)(H2,23,31,32)/b20-14+. The highest BCUT2D eigenvalue weighted by atomic mass is 32.2. The van der Waals surface area contributed by atoms with Crippen LogP contribution >= 0.6 is 0 Å². The fourth-order valence-electron chi connectivity index (χ4n) is 2.73. The third-order valence-electron chi connectivity index (χ3n) is 4.38. The van der Waals surface area contributed by atoms with E-state index >= 15 is 0 Å². The van der Waals surface area contributed by atoms with Crippen molar-refractivity contribution in [1.82, 2.24) is 5.32 Å². The molecule has 168 valence electrons. The van der Waals surface area contributed by atoms with E-state index in [4.69, 9.17) is 5.14 Å². The lowest BCUT2D eigenvalue weighted by atomic mass is 10.1. The second-order valence-corrected chi connectivity index (χ2v) is 8.31. The lowest BCUT2D eigenvalue weighted by molar-refractivity contribution is -0.384. The van der Waals surface area contributed by atoms with Gasteiger partial charge in [0, 0.05) is 23.4 Å². The maximum atomic E-state index is 12.9. The Kier molecular flexibility index (Phi) is 6.96. The summed E-state index contributed by atoms with van der Waals surface area (Å²) in [5.74, 6) is -1.23. The summed E-state index contributed by atoms with van der Waals surface area (Å²) in [7, 11) is -3.89. The first kappa shape index (κ1) is 23.3. The summed E-state index contributed by atoms with van der Waals surface area (Å²) in [6.07, 6.45) is 1.36. The molecule has 3 rings (SSSR count). The van der Waals surface area contributed by atoms with Gasteiger partial charge >= 0.3 is 0 Å². The van der Waals surface area contributed by atoms with E-state index in [9.17, 15) is 28.1 Å². The van der Waals surface area contributed by atoms with Crippen molar-refractivity contribution < 1.29 is 22.9 Å². The van der Waals surface area contributed by atoms with Crippen molar-refractivity contribution in [1.29, 1.82) is 0 Å². The van der Waals surface area contributed by atoms with Crippen molar-refractivity contribution in [3.63, 3.8) is 0 Å². The quantitative estimate of drug-likeness (QED) is 0.275. The highest BCUT2D eigenvalue weighted by molar-refractivity contribution is 7.89. The minimum atomic E-state index is -3.89. The zero-order valence-electron chi connectivity index (χ0n) is 17.0. The van der Waals surface area contributed by atoms with E-state index in [2.05, 4.69) is 10.6 Å². The van der Waals surface area contributed by atoms with E-state index < -0.39 is 26.8 Å². The van der Waals surface area contributed by atoms with Crippen LogP contribution in [0.2, 0.25) is 0 Å². The minimum absolute atomic E-state index is 0.124. The number of hydrogen-bond acceptors (Lipinski definition) is 6. The van der Waals surface area contributed by atoms with Gasteiger partial charge in [-0.2, -0.15) is 0 Å². The molecule has 0 atom stereocenters. The van der Waals surface area contributed by atoms with Crippen LogP contribution in [-0.4, -0.2) is 25.2 Å². The van der Waals surface area contributed by atoms with E-state index in [-0.39, 0.29) is 22.0 Å². The maximum absolute atomic E-state index is 12.9. The van der Waals surface area contributed by atoms with Gasteiger partial charge < -0.3 is 10.6 Å². The monoisotopic (exact) mass is 466 g/mol. The Hall–Kier alpha value is -4.35. The molecule has 0 aliphatic carbocycles. The van der Waals surface area contributed by atoms with Gasteiger partial charge in [-0.15, -0.1) is 0 Å². The number of nitro groups is 1. The fraction of sp³-hybridized carbons (Fsp3) is 0. The van der Waals surface area contributed by atoms with E-state index in [0.717, 1.165) is 0 Å². The lowest BCUT2D eigenvalue weighted by Crippen LogP contribution is -2.30. The zero-order chi connectivity index (χ0) is 24.0. The van der Waals surface area contributed by atoms with Crippen molar-refractivity contribution in [3.05, 3.63) is 106 Å². The highest BCUT2D eigenvalue weighted by Gasteiger charge is 2.16. The highest BCUT2D eigenvalue weighted by Crippen LogP contribution is 2.17. The fourth-order valence-corrected chi connectivity index (χ4v) is 3.24. The van der Waals surface area contributed by atoms with E-state index in [0.29, 0.717) is 11.1 Å². The Bertz CT molecular complexity index is 1320. The van der Waals surface area contributed by atoms with Gasteiger partial charge in [0.15, 0.2) is 0 Å². The van der Waals surface area contributed by atoms with Gasteiger partial charge in [-0.1, -0.05) is 18.2 Å². The SMILES string of the molecule is NS(=O)(=O)c1ccc(NC(=O)/C(=C\c2ccc([N+](=O)[O-])cc2)NC(=O)c2ccccc2)cc1. The van der Waals surface area contributed by atoms with Gasteiger partial charge in [0.2, 0.25) is 10.0 Å². The molecule has 33 heavy (non-hydrogen) atoms. The molecule has 0 aliphatic heterocycles. The van der Waals surface area contributed by atoms with Crippen LogP contribution in [0.5, 0.6) is 0 Å². The largest absolute Gasteiger partial charge is 0.321 e. The Balaban J connectivity index is 1.89. The Labute approximate surface area is 188 Å². The molecule has 0 unspecified atom stereocenters. The third kappa shape index (κ3) is 6.32. The number of non-ortho nitro benzene ring substituents is 1. The first-order chi connectivity index (χ1) is 15.6. The number of carbonyl (C=O) groups excluding carboxylic acids is 2. The number of carbonyl (C=O) groups is 2. The molecule has 0 bridgehead atoms. The number of nitrogens with zero attached hydrogens (tertiary/aromatic N) is 1. The first-order valence-electron chi connectivity index (χ1n) is 9.40. The molecule has 4 N–H and O–H groups in total. The second-order valence-electron chi connectivity index (χ2n) is 6.75. The summed E-state index contributed by atoms with van der Waals surface area (Å²) in [5, 5.41) is 21.0. The number of hydrogen-bond donors (Lipinski definition) is 3. The molecule has 0 saturated carbocycles. The molecule has 0 aromatic heterocycles. The molecular formula is C22H18N4O6S. The van der Waals surface area contributed by atoms with Crippen LogP contribution in [0, 0.1) is 10.1 Å². The number of primary sulfonamides is 1. The molecule has 0 fully saturated rings. The molecule has 0 saturated heterocycles. The average molecular weight is 466 g/mol. The molecule has 3 aromatic rings. The van der Waals surface area contributed by atoms with Crippen LogP contribution in [0.3, 0.4) is 0 Å². The van der Waals surface area contributed by atoms with Crippen LogP contribution in [0.15, 0.2) is 89.5 Å². The molecule has 10 nitrogen and oxygen atoms in total. The predicted molar refractivity (Wildman–Crippen MR) is 121 cm³/mol. The molecule has 11 heteroatoms. The van der Waals surface area contributed by atoms with Crippen LogP contribution in [0.1, 0.15) is 15.9 Å². The number of rotatable bonds is 7. The predicted octanol–water partition coefficient (Wildman–Crippen LogP) is 2.65. The van der Waals surface area contributed by atoms with Gasteiger partial charge in [0.1, 0.15) is 5.70 Å². The number of sulfonamides is 1. The number of anilines is 1. The van der Waals surface area contributed by atoms with Crippen LogP contribution in [-0.2, 0) is 14.8 Å². The van der Waals surface area contributed by atoms with Crippen molar-refractivity contribution in [2.75, 3.05) is 5.32 Å². The lowest BCUT2D eigenvalue weighted by Gasteiger charge is -2.12. The smallest absolute Gasteiger partial charge is 0.272 e. The Morgan fingerprint density at radius 1 is 0.909 bits per heavy atom. The molecule has 2 amide bonds. The first-order valence-corrected chi connectivity index (χ1v) is 10.9. The number of nitro benzene ring substituents is 1. The molecular weight excluding hydrogens is 448 g/mol. The third-order valence-corrected chi connectivity index (χ3v) is 5.31. The number of nitrogens with two attached hydrogens (primary N) is 1. The second kappa shape index (κ2) is 9.85. The number of nitrogens with one attached hydrogen (secondary N) is 2. The number of benzene rings is 3. The summed E-state index contributed by atoms with van der Waals surface area (Å²) in [4.78, 5) is 35.7. The van der Waals surface area contributed by atoms with E-state index in [1.54, 1.807) is 30.3 Å². The van der Waals surface area contributed by atoms with E-state index in [1.807, 2.05) is 0 Å². The van der Waals surface area contributed by atoms with Gasteiger partial charge in [-0.3, -0.25) is 19.7 Å². The average Bonchev–Trinajstić information content (AvgIpc) is 2.79. The summed E-state index contributed by atoms with van der Waals surface area (Å²) in [6, 6.07) is 18.8. The van der Waals surface area contributed by atoms with Crippen molar-refractivity contribution in [2.24, 2.45) is 5.14 Å². The van der Waals surface area contributed by atoms with Crippen molar-refractivity contribution in [3.8, 4) is 0 Å². The molecule has 0 spiro atoms. The normalized spacial score (nSPS) is 11.5. The molecule has 0 heterocycles. The van der Waals surface area contributed by atoms with Crippen LogP contribution in [0.25, 0.3) is 6.08 Å². The summed E-state index contributed by atoms with van der Waals surface area (Å²) in [5.41, 5.74) is 0.756. The van der Waals surface area contributed by atoms with Gasteiger partial charge in [0.05, 0.1) is 9.82 Å². The van der Waals surface area contributed by atoms with Crippen molar-refractivity contribution >= 4 is 39.3 Å². The Morgan fingerprint density at radius 2 is 1.52 bits per heavy atom.